The molecule has 0 bridgehead atoms. The summed E-state index contributed by atoms with van der Waals surface area (Å²) >= 11 is 0. The van der Waals surface area contributed by atoms with Crippen molar-refractivity contribution in [3.8, 4) is 0 Å². The number of anilines is 1. The Labute approximate surface area is 183 Å². The molecule has 0 aromatic heterocycles. The number of benzene rings is 3. The zero-order valence-corrected chi connectivity index (χ0v) is 17.0. The van der Waals surface area contributed by atoms with Crippen LogP contribution in [0.25, 0.3) is 0 Å². The van der Waals surface area contributed by atoms with Crippen molar-refractivity contribution < 1.29 is 23.5 Å². The van der Waals surface area contributed by atoms with Crippen molar-refractivity contribution in [1.82, 2.24) is 4.90 Å². The highest BCUT2D eigenvalue weighted by molar-refractivity contribution is 6.07. The van der Waals surface area contributed by atoms with Gasteiger partial charge in [-0.1, -0.05) is 30.3 Å². The largest absolute Gasteiger partial charge is 0.394 e. The number of hydrogen-bond donors (Lipinski definition) is 1. The maximum absolute atomic E-state index is 13.7. The molecule has 7 heteroatoms. The molecule has 162 valence electrons. The van der Waals surface area contributed by atoms with Crippen LogP contribution in [0.15, 0.2) is 72.8 Å². The first-order valence-electron chi connectivity index (χ1n) is 10.3. The summed E-state index contributed by atoms with van der Waals surface area (Å²) in [5.74, 6) is -1.97. The fourth-order valence-corrected chi connectivity index (χ4v) is 4.91. The van der Waals surface area contributed by atoms with Crippen LogP contribution in [-0.4, -0.2) is 47.1 Å². The molecule has 3 atom stereocenters. The normalized spacial score (nSPS) is 21.4. The van der Waals surface area contributed by atoms with E-state index in [0.717, 1.165) is 11.6 Å². The third-order valence-corrected chi connectivity index (χ3v) is 6.31. The second-order valence-electron chi connectivity index (χ2n) is 8.05. The molecule has 5 rings (SSSR count). The van der Waals surface area contributed by atoms with Gasteiger partial charge < -0.3 is 14.9 Å². The quantitative estimate of drug-likeness (QED) is 0.685. The molecule has 5 nitrogen and oxygen atoms in total. The summed E-state index contributed by atoms with van der Waals surface area (Å²) < 4.78 is 27.5. The summed E-state index contributed by atoms with van der Waals surface area (Å²) in [6.07, 6.45) is 0. The molecule has 1 saturated heterocycles. The zero-order valence-electron chi connectivity index (χ0n) is 17.0. The van der Waals surface area contributed by atoms with Gasteiger partial charge in [0.2, 0.25) is 0 Å². The molecule has 1 fully saturated rings. The van der Waals surface area contributed by atoms with Gasteiger partial charge in [0, 0.05) is 29.3 Å². The van der Waals surface area contributed by atoms with Crippen LogP contribution < -0.4 is 4.90 Å². The Bertz CT molecular complexity index is 1220. The van der Waals surface area contributed by atoms with Crippen molar-refractivity contribution in [3.63, 3.8) is 0 Å². The van der Waals surface area contributed by atoms with Gasteiger partial charge in [-0.2, -0.15) is 0 Å². The molecule has 2 heterocycles. The molecule has 0 spiro atoms. The SMILES string of the molecule is O=C(c1cccc(F)c1)N1C[C@@H]2[C@H](c3ccccc31)[C@@H](CO)N2C(=O)c1cccc(F)c1. The summed E-state index contributed by atoms with van der Waals surface area (Å²) in [4.78, 5) is 29.6. The van der Waals surface area contributed by atoms with E-state index in [1.54, 1.807) is 11.0 Å². The first-order chi connectivity index (χ1) is 15.5. The highest BCUT2D eigenvalue weighted by atomic mass is 19.1. The third-order valence-electron chi connectivity index (χ3n) is 6.31. The van der Waals surface area contributed by atoms with Gasteiger partial charge in [0.1, 0.15) is 11.6 Å². The van der Waals surface area contributed by atoms with Crippen molar-refractivity contribution in [2.24, 2.45) is 0 Å². The van der Waals surface area contributed by atoms with Gasteiger partial charge in [0.15, 0.2) is 0 Å². The first-order valence-corrected chi connectivity index (χ1v) is 10.3. The van der Waals surface area contributed by atoms with Gasteiger partial charge >= 0.3 is 0 Å². The minimum atomic E-state index is -0.523. The molecule has 0 aliphatic carbocycles. The van der Waals surface area contributed by atoms with Crippen molar-refractivity contribution in [2.75, 3.05) is 18.1 Å². The monoisotopic (exact) mass is 434 g/mol. The minimum Gasteiger partial charge on any atom is -0.394 e. The van der Waals surface area contributed by atoms with Crippen LogP contribution in [0.1, 0.15) is 32.2 Å². The smallest absolute Gasteiger partial charge is 0.258 e. The van der Waals surface area contributed by atoms with Gasteiger partial charge in [-0.15, -0.1) is 0 Å². The average Bonchev–Trinajstić information content (AvgIpc) is 2.79. The van der Waals surface area contributed by atoms with E-state index in [4.69, 9.17) is 0 Å². The molecular formula is C25H20F2N2O3. The fraction of sp³-hybridized carbons (Fsp3) is 0.200. The number of likely N-dealkylation sites (tertiary alicyclic amines) is 1. The number of aliphatic hydroxyl groups is 1. The molecule has 32 heavy (non-hydrogen) atoms. The Morgan fingerprint density at radius 2 is 1.50 bits per heavy atom. The Hall–Kier alpha value is -3.58. The van der Waals surface area contributed by atoms with Crippen molar-refractivity contribution in [1.29, 1.82) is 0 Å². The van der Waals surface area contributed by atoms with Crippen LogP contribution in [0.4, 0.5) is 14.5 Å². The number of nitrogens with zero attached hydrogens (tertiary/aromatic N) is 2. The predicted octanol–water partition coefficient (Wildman–Crippen LogP) is 3.59. The van der Waals surface area contributed by atoms with Gasteiger partial charge in [-0.05, 0) is 48.0 Å². The molecule has 2 aliphatic rings. The first kappa shape index (κ1) is 20.3. The molecule has 2 amide bonds. The van der Waals surface area contributed by atoms with Crippen molar-refractivity contribution in [3.05, 3.63) is 101 Å². The number of halogens is 2. The topological polar surface area (TPSA) is 60.9 Å². The molecule has 1 N–H and O–H groups in total. The Kier molecular flexibility index (Phi) is 4.98. The lowest BCUT2D eigenvalue weighted by Gasteiger charge is -2.58. The van der Waals surface area contributed by atoms with E-state index in [0.29, 0.717) is 5.69 Å². The van der Waals surface area contributed by atoms with Crippen molar-refractivity contribution >= 4 is 17.5 Å². The van der Waals surface area contributed by atoms with E-state index in [1.165, 1.54) is 41.3 Å². The highest BCUT2D eigenvalue weighted by Gasteiger charge is 2.55. The van der Waals surface area contributed by atoms with Crippen LogP contribution >= 0.6 is 0 Å². The average molecular weight is 434 g/mol. The van der Waals surface area contributed by atoms with Crippen LogP contribution in [-0.2, 0) is 0 Å². The van der Waals surface area contributed by atoms with Gasteiger partial charge in [-0.25, -0.2) is 8.78 Å². The number of carbonyl (C=O) groups excluding carboxylic acids is 2. The lowest BCUT2D eigenvalue weighted by molar-refractivity contribution is -0.0246. The second-order valence-corrected chi connectivity index (χ2v) is 8.05. The third kappa shape index (κ3) is 3.17. The highest BCUT2D eigenvalue weighted by Crippen LogP contribution is 2.48. The van der Waals surface area contributed by atoms with E-state index in [-0.39, 0.29) is 36.1 Å². The zero-order chi connectivity index (χ0) is 22.4. The fourth-order valence-electron chi connectivity index (χ4n) is 4.91. The number of amides is 2. The summed E-state index contributed by atoms with van der Waals surface area (Å²) in [5.41, 5.74) is 1.92. The summed E-state index contributed by atoms with van der Waals surface area (Å²) in [6, 6.07) is 17.4. The van der Waals surface area contributed by atoms with Crippen LogP contribution in [0, 0.1) is 11.6 Å². The maximum atomic E-state index is 13.7. The second kappa shape index (κ2) is 7.84. The number of para-hydroxylation sites is 1. The summed E-state index contributed by atoms with van der Waals surface area (Å²) in [5, 5.41) is 10.1. The molecule has 0 unspecified atom stereocenters. The molecule has 0 radical (unpaired) electrons. The number of rotatable bonds is 3. The van der Waals surface area contributed by atoms with Crippen LogP contribution in [0.5, 0.6) is 0 Å². The number of carbonyl (C=O) groups is 2. The van der Waals surface area contributed by atoms with Gasteiger partial charge in [0.25, 0.3) is 11.8 Å². The van der Waals surface area contributed by atoms with Gasteiger partial charge in [-0.3, -0.25) is 9.59 Å². The van der Waals surface area contributed by atoms with Crippen LogP contribution in [0.2, 0.25) is 0 Å². The van der Waals surface area contributed by atoms with E-state index in [2.05, 4.69) is 0 Å². The number of aliphatic hydroxyl groups excluding tert-OH is 1. The Morgan fingerprint density at radius 3 is 2.12 bits per heavy atom. The Balaban J connectivity index is 1.53. The standard InChI is InChI=1S/C25H20F2N2O3/c26-17-7-3-5-15(11-17)24(31)28-13-21-23(19-9-1-2-10-20(19)28)22(14-30)29(21)25(32)16-6-4-8-18(27)12-16/h1-12,21-23,30H,13-14H2/t21-,22-,23+/m1/s1. The van der Waals surface area contributed by atoms with Crippen molar-refractivity contribution in [2.45, 2.75) is 18.0 Å². The predicted molar refractivity (Wildman–Crippen MR) is 114 cm³/mol. The summed E-state index contributed by atoms with van der Waals surface area (Å²) in [7, 11) is 0. The lowest BCUT2D eigenvalue weighted by Crippen LogP contribution is -2.70. The molecule has 2 aliphatic heterocycles. The van der Waals surface area contributed by atoms with Crippen LogP contribution in [0.3, 0.4) is 0 Å². The molecule has 0 saturated carbocycles. The van der Waals surface area contributed by atoms with E-state index >= 15 is 0 Å². The van der Waals surface area contributed by atoms with E-state index in [9.17, 15) is 23.5 Å². The maximum Gasteiger partial charge on any atom is 0.258 e. The summed E-state index contributed by atoms with van der Waals surface area (Å²) in [6.45, 7) is -0.0665. The van der Waals surface area contributed by atoms with Gasteiger partial charge in [0.05, 0.1) is 18.7 Å². The molecular weight excluding hydrogens is 414 g/mol. The lowest BCUT2D eigenvalue weighted by atomic mass is 9.71. The number of hydrogen-bond acceptors (Lipinski definition) is 3. The Morgan fingerprint density at radius 1 is 0.875 bits per heavy atom. The van der Waals surface area contributed by atoms with E-state index < -0.39 is 29.6 Å². The minimum absolute atomic E-state index is 0.162. The number of fused-ring (bicyclic) bond motifs is 3. The molecule has 3 aromatic rings. The van der Waals surface area contributed by atoms with E-state index in [1.807, 2.05) is 24.3 Å². The molecule has 3 aromatic carbocycles.